The van der Waals surface area contributed by atoms with Crippen LogP contribution in [0.2, 0.25) is 0 Å². The molecule has 0 fully saturated rings. The third kappa shape index (κ3) is 2.67. The normalized spacial score (nSPS) is 16.3. The molecule has 0 N–H and O–H groups in total. The van der Waals surface area contributed by atoms with E-state index in [1.807, 2.05) is 103 Å². The Kier molecular flexibility index (Phi) is 4.12. The number of nitrogens with zero attached hydrogens (tertiary/aromatic N) is 2. The number of hydrogen-bond donors (Lipinski definition) is 0. The number of allylic oxidation sites excluding steroid dienone is 2. The molecular formula is C27H19BF2N2. The SMILES string of the molecule is F[B-]1(F)n2c(ccc2-c2ccccc2)C(c2ccccc2)=C2C=CC(c3ccccc3)=[N+]21. The van der Waals surface area contributed by atoms with E-state index in [4.69, 9.17) is 0 Å². The van der Waals surface area contributed by atoms with Crippen LogP contribution >= 0.6 is 0 Å². The highest BCUT2D eigenvalue weighted by Crippen LogP contribution is 2.42. The third-order valence-corrected chi connectivity index (χ3v) is 6.17. The van der Waals surface area contributed by atoms with E-state index >= 15 is 8.63 Å². The molecule has 0 saturated heterocycles. The van der Waals surface area contributed by atoms with Crippen LogP contribution in [0, 0.1) is 0 Å². The molecule has 2 aliphatic heterocycles. The second kappa shape index (κ2) is 7.03. The van der Waals surface area contributed by atoms with Gasteiger partial charge in [0.05, 0.1) is 5.57 Å². The van der Waals surface area contributed by atoms with Crippen molar-refractivity contribution in [1.82, 2.24) is 4.48 Å². The van der Waals surface area contributed by atoms with Crippen LogP contribution in [0.4, 0.5) is 8.63 Å². The topological polar surface area (TPSA) is 7.94 Å². The Morgan fingerprint density at radius 3 is 1.72 bits per heavy atom. The van der Waals surface area contributed by atoms with Crippen molar-refractivity contribution < 1.29 is 13.1 Å². The van der Waals surface area contributed by atoms with Gasteiger partial charge in [-0.3, -0.25) is 0 Å². The zero-order chi connectivity index (χ0) is 21.7. The molecule has 2 nitrogen and oxygen atoms in total. The molecule has 2 aliphatic rings. The van der Waals surface area contributed by atoms with E-state index in [0.29, 0.717) is 22.8 Å². The summed E-state index contributed by atoms with van der Waals surface area (Å²) < 4.78 is 35.3. The fraction of sp³-hybridized carbons (Fsp3) is 0. The van der Waals surface area contributed by atoms with Crippen LogP contribution in [-0.4, -0.2) is 21.6 Å². The monoisotopic (exact) mass is 420 g/mol. The van der Waals surface area contributed by atoms with Gasteiger partial charge in [0, 0.05) is 29.1 Å². The number of fused-ring (bicyclic) bond motifs is 2. The number of benzene rings is 3. The zero-order valence-corrected chi connectivity index (χ0v) is 17.2. The van der Waals surface area contributed by atoms with Gasteiger partial charge in [-0.1, -0.05) is 78.9 Å². The van der Waals surface area contributed by atoms with Crippen LogP contribution < -0.4 is 0 Å². The van der Waals surface area contributed by atoms with Gasteiger partial charge < -0.3 is 17.6 Å². The maximum atomic E-state index is 16.4. The van der Waals surface area contributed by atoms with Crippen molar-refractivity contribution in [3.05, 3.63) is 138 Å². The quantitative estimate of drug-likeness (QED) is 0.348. The molecule has 6 rings (SSSR count). The van der Waals surface area contributed by atoms with Crippen molar-refractivity contribution in [2.45, 2.75) is 0 Å². The first-order chi connectivity index (χ1) is 15.7. The molecule has 0 unspecified atom stereocenters. The highest BCUT2D eigenvalue weighted by atomic mass is 19.2. The Bertz CT molecular complexity index is 1420. The molecule has 154 valence electrons. The van der Waals surface area contributed by atoms with Crippen LogP contribution in [-0.2, 0) is 0 Å². The third-order valence-electron chi connectivity index (χ3n) is 6.17. The Hall–Kier alpha value is -3.99. The lowest BCUT2D eigenvalue weighted by atomic mass is 9.85. The fourth-order valence-electron chi connectivity index (χ4n) is 4.81. The minimum absolute atomic E-state index is 0.511. The van der Waals surface area contributed by atoms with Gasteiger partial charge in [-0.05, 0) is 35.4 Å². The van der Waals surface area contributed by atoms with Gasteiger partial charge in [0.15, 0.2) is 11.4 Å². The van der Waals surface area contributed by atoms with E-state index in [0.717, 1.165) is 22.3 Å². The van der Waals surface area contributed by atoms with Gasteiger partial charge in [-0.25, -0.2) is 0 Å². The highest BCUT2D eigenvalue weighted by Gasteiger charge is 2.54. The summed E-state index contributed by atoms with van der Waals surface area (Å²) in [6, 6.07) is 32.2. The Balaban J connectivity index is 1.71. The van der Waals surface area contributed by atoms with Crippen LogP contribution in [0.1, 0.15) is 16.8 Å². The second-order valence-electron chi connectivity index (χ2n) is 8.01. The van der Waals surface area contributed by atoms with Gasteiger partial charge in [0.1, 0.15) is 0 Å². The van der Waals surface area contributed by atoms with Crippen molar-refractivity contribution in [2.24, 2.45) is 0 Å². The molecule has 0 radical (unpaired) electrons. The van der Waals surface area contributed by atoms with E-state index in [9.17, 15) is 0 Å². The molecule has 4 aromatic rings. The van der Waals surface area contributed by atoms with Crippen molar-refractivity contribution >= 4 is 18.3 Å². The van der Waals surface area contributed by atoms with Crippen LogP contribution in [0.3, 0.4) is 0 Å². The fourth-order valence-corrected chi connectivity index (χ4v) is 4.81. The average molecular weight is 420 g/mol. The highest BCUT2D eigenvalue weighted by molar-refractivity contribution is 6.59. The van der Waals surface area contributed by atoms with E-state index < -0.39 is 6.97 Å². The van der Waals surface area contributed by atoms with E-state index in [1.54, 1.807) is 12.1 Å². The summed E-state index contributed by atoms with van der Waals surface area (Å²) >= 11 is 0. The summed E-state index contributed by atoms with van der Waals surface area (Å²) in [5.74, 6) is 0. The van der Waals surface area contributed by atoms with Gasteiger partial charge in [0.2, 0.25) is 0 Å². The number of rotatable bonds is 3. The minimum atomic E-state index is -4.12. The number of aromatic nitrogens is 1. The van der Waals surface area contributed by atoms with Crippen LogP contribution in [0.25, 0.3) is 16.8 Å². The molecule has 5 heteroatoms. The maximum absolute atomic E-state index is 16.4. The first-order valence-corrected chi connectivity index (χ1v) is 10.7. The number of hydrogen-bond acceptors (Lipinski definition) is 0. The lowest BCUT2D eigenvalue weighted by Gasteiger charge is -2.33. The van der Waals surface area contributed by atoms with Crippen molar-refractivity contribution in [3.63, 3.8) is 0 Å². The van der Waals surface area contributed by atoms with Gasteiger partial charge in [-0.2, -0.15) is 0 Å². The summed E-state index contributed by atoms with van der Waals surface area (Å²) in [4.78, 5) is 0. The van der Waals surface area contributed by atoms with E-state index in [-0.39, 0.29) is 0 Å². The Labute approximate surface area is 185 Å². The summed E-state index contributed by atoms with van der Waals surface area (Å²) in [6.45, 7) is -4.12. The average Bonchev–Trinajstić information content (AvgIpc) is 3.48. The van der Waals surface area contributed by atoms with Crippen LogP contribution in [0.15, 0.2) is 121 Å². The predicted molar refractivity (Wildman–Crippen MR) is 126 cm³/mol. The molecule has 0 amide bonds. The standard InChI is InChI=1S/C27H19BF2N2/c29-28(30)31-23(20-10-4-1-5-11-20)16-18-25(31)27(22-14-8-3-9-15-22)26-19-17-24(32(26)28)21-12-6-2-7-13-21/h1-19H. The molecule has 0 bridgehead atoms. The molecule has 0 spiro atoms. The van der Waals surface area contributed by atoms with Crippen LogP contribution in [0.5, 0.6) is 0 Å². The predicted octanol–water partition coefficient (Wildman–Crippen LogP) is 6.22. The van der Waals surface area contributed by atoms with Crippen molar-refractivity contribution in [3.8, 4) is 11.3 Å². The molecule has 0 aliphatic carbocycles. The van der Waals surface area contributed by atoms with E-state index in [1.165, 1.54) is 8.96 Å². The molecule has 1 aromatic heterocycles. The smallest absolute Gasteiger partial charge is 0.389 e. The largest absolute Gasteiger partial charge is 0.737 e. The summed E-state index contributed by atoms with van der Waals surface area (Å²) in [6.07, 6.45) is 3.62. The molecule has 0 saturated carbocycles. The second-order valence-corrected chi connectivity index (χ2v) is 8.01. The van der Waals surface area contributed by atoms with Gasteiger partial charge in [0.25, 0.3) is 0 Å². The summed E-state index contributed by atoms with van der Waals surface area (Å²) in [5.41, 5.74) is 5.35. The molecule has 3 aromatic carbocycles. The number of halogens is 2. The minimum Gasteiger partial charge on any atom is -0.389 e. The van der Waals surface area contributed by atoms with Crippen molar-refractivity contribution in [1.29, 1.82) is 0 Å². The molecule has 0 atom stereocenters. The van der Waals surface area contributed by atoms with Crippen molar-refractivity contribution in [2.75, 3.05) is 0 Å². The zero-order valence-electron chi connectivity index (χ0n) is 17.2. The lowest BCUT2D eigenvalue weighted by Crippen LogP contribution is -2.51. The Morgan fingerprint density at radius 1 is 0.562 bits per heavy atom. The Morgan fingerprint density at radius 2 is 1.09 bits per heavy atom. The maximum Gasteiger partial charge on any atom is 0.737 e. The lowest BCUT2D eigenvalue weighted by molar-refractivity contribution is -0.360. The first-order valence-electron chi connectivity index (χ1n) is 10.7. The molecule has 32 heavy (non-hydrogen) atoms. The first kappa shape index (κ1) is 18.8. The summed E-state index contributed by atoms with van der Waals surface area (Å²) in [7, 11) is 0. The summed E-state index contributed by atoms with van der Waals surface area (Å²) in [5, 5.41) is 0. The van der Waals surface area contributed by atoms with Gasteiger partial charge >= 0.3 is 6.97 Å². The molecular weight excluding hydrogens is 401 g/mol. The van der Waals surface area contributed by atoms with Gasteiger partial charge in [-0.15, -0.1) is 0 Å². The molecule has 3 heterocycles. The van der Waals surface area contributed by atoms with E-state index in [2.05, 4.69) is 0 Å².